The van der Waals surface area contributed by atoms with Crippen LogP contribution < -0.4 is 4.90 Å². The van der Waals surface area contributed by atoms with Gasteiger partial charge in [-0.05, 0) is 25.0 Å². The van der Waals surface area contributed by atoms with Gasteiger partial charge in [-0.1, -0.05) is 0 Å². The van der Waals surface area contributed by atoms with Gasteiger partial charge in [-0.2, -0.15) is 0 Å². The zero-order valence-electron chi connectivity index (χ0n) is 11.0. The molecule has 0 saturated carbocycles. The maximum absolute atomic E-state index is 12.5. The van der Waals surface area contributed by atoms with Crippen LogP contribution in [0.2, 0.25) is 0 Å². The molecule has 7 nitrogen and oxygen atoms in total. The molecule has 1 aromatic carbocycles. The Morgan fingerprint density at radius 1 is 1.05 bits per heavy atom. The average molecular weight is 288 g/mol. The molecule has 0 unspecified atom stereocenters. The third kappa shape index (κ3) is 1.58. The molecular formula is C14H12N2O5. The highest BCUT2D eigenvalue weighted by Gasteiger charge is 2.62. The first-order valence-electron chi connectivity index (χ1n) is 6.85. The van der Waals surface area contributed by atoms with E-state index in [1.54, 1.807) is 0 Å². The molecule has 3 aliphatic heterocycles. The largest absolute Gasteiger partial charge is 0.373 e. The Hall–Kier alpha value is -2.28. The highest BCUT2D eigenvalue weighted by atomic mass is 16.6. The number of rotatable bonds is 2. The van der Waals surface area contributed by atoms with E-state index >= 15 is 0 Å². The summed E-state index contributed by atoms with van der Waals surface area (Å²) >= 11 is 0. The fourth-order valence-corrected chi connectivity index (χ4v) is 3.69. The molecular weight excluding hydrogens is 276 g/mol. The maximum Gasteiger partial charge on any atom is 0.269 e. The summed E-state index contributed by atoms with van der Waals surface area (Å²) in [5.74, 6) is -1.25. The molecule has 2 amide bonds. The number of carbonyl (C=O) groups is 2. The van der Waals surface area contributed by atoms with Crippen LogP contribution in [-0.2, 0) is 14.3 Å². The second kappa shape index (κ2) is 4.11. The smallest absolute Gasteiger partial charge is 0.269 e. The predicted octanol–water partition coefficient (Wildman–Crippen LogP) is 1.26. The number of amides is 2. The number of nitro benzene ring substituents is 1. The third-order valence-corrected chi connectivity index (χ3v) is 4.60. The lowest BCUT2D eigenvalue weighted by atomic mass is 9.81. The fourth-order valence-electron chi connectivity index (χ4n) is 3.69. The van der Waals surface area contributed by atoms with Crippen LogP contribution in [0, 0.1) is 22.0 Å². The lowest BCUT2D eigenvalue weighted by Crippen LogP contribution is -2.34. The van der Waals surface area contributed by atoms with Gasteiger partial charge in [0, 0.05) is 12.1 Å². The van der Waals surface area contributed by atoms with E-state index in [4.69, 9.17) is 4.74 Å². The summed E-state index contributed by atoms with van der Waals surface area (Å²) in [5, 5.41) is 10.7. The van der Waals surface area contributed by atoms with Crippen molar-refractivity contribution < 1.29 is 19.2 Å². The number of carbonyl (C=O) groups excluding carboxylic acids is 2. The molecule has 3 aliphatic rings. The lowest BCUT2D eigenvalue weighted by molar-refractivity contribution is -0.384. The summed E-state index contributed by atoms with van der Waals surface area (Å²) < 4.78 is 5.66. The second-order valence-corrected chi connectivity index (χ2v) is 5.63. The highest BCUT2D eigenvalue weighted by Crippen LogP contribution is 2.49. The standard InChI is InChI=1S/C14H12N2O5/c17-13-11-9-5-6-10(21-9)12(11)14(18)15(13)7-1-3-8(4-2-7)16(19)20/h1-4,9-12H,5-6H2/t9-,10+,11-,12+. The van der Waals surface area contributed by atoms with Crippen LogP contribution in [0.15, 0.2) is 24.3 Å². The molecule has 4 atom stereocenters. The van der Waals surface area contributed by atoms with Crippen molar-refractivity contribution in [2.75, 3.05) is 4.90 Å². The number of nitrogens with zero attached hydrogens (tertiary/aromatic N) is 2. The average Bonchev–Trinajstić information content (AvgIpc) is 3.13. The number of non-ortho nitro benzene ring substituents is 1. The van der Waals surface area contributed by atoms with Crippen molar-refractivity contribution in [3.8, 4) is 0 Å². The zero-order valence-corrected chi connectivity index (χ0v) is 11.0. The predicted molar refractivity (Wildman–Crippen MR) is 70.5 cm³/mol. The van der Waals surface area contributed by atoms with Crippen molar-refractivity contribution in [1.29, 1.82) is 0 Å². The number of benzene rings is 1. The number of fused-ring (bicyclic) bond motifs is 5. The van der Waals surface area contributed by atoms with Crippen molar-refractivity contribution in [1.82, 2.24) is 0 Å². The molecule has 0 aromatic heterocycles. The Morgan fingerprint density at radius 3 is 2.05 bits per heavy atom. The van der Waals surface area contributed by atoms with Crippen LogP contribution in [0.5, 0.6) is 0 Å². The van der Waals surface area contributed by atoms with Gasteiger partial charge in [-0.3, -0.25) is 19.7 Å². The van der Waals surface area contributed by atoms with Crippen molar-refractivity contribution in [3.63, 3.8) is 0 Å². The topological polar surface area (TPSA) is 89.8 Å². The SMILES string of the molecule is O=C1[C@@H]2[C@H](C(=O)N1c1ccc([N+](=O)[O-])cc1)[C@H]1CC[C@@H]2O1. The van der Waals surface area contributed by atoms with Gasteiger partial charge in [0.25, 0.3) is 5.69 Å². The van der Waals surface area contributed by atoms with Crippen LogP contribution in [0.4, 0.5) is 11.4 Å². The van der Waals surface area contributed by atoms with E-state index in [1.807, 2.05) is 0 Å². The van der Waals surface area contributed by atoms with E-state index < -0.39 is 4.92 Å². The van der Waals surface area contributed by atoms with Gasteiger partial charge in [-0.15, -0.1) is 0 Å². The van der Waals surface area contributed by atoms with E-state index in [1.165, 1.54) is 24.3 Å². The number of hydrogen-bond acceptors (Lipinski definition) is 5. The minimum atomic E-state index is -0.514. The molecule has 7 heteroatoms. The number of anilines is 1. The van der Waals surface area contributed by atoms with Gasteiger partial charge in [-0.25, -0.2) is 4.90 Å². The van der Waals surface area contributed by atoms with E-state index in [0.29, 0.717) is 5.69 Å². The van der Waals surface area contributed by atoms with Crippen molar-refractivity contribution >= 4 is 23.2 Å². The van der Waals surface area contributed by atoms with Gasteiger partial charge in [0.15, 0.2) is 0 Å². The van der Waals surface area contributed by atoms with E-state index in [9.17, 15) is 19.7 Å². The number of nitro groups is 1. The summed E-state index contributed by atoms with van der Waals surface area (Å²) in [6.45, 7) is 0. The Labute approximate surface area is 119 Å². The number of ether oxygens (including phenoxy) is 1. The fraction of sp³-hybridized carbons (Fsp3) is 0.429. The van der Waals surface area contributed by atoms with Crippen LogP contribution in [-0.4, -0.2) is 28.9 Å². The van der Waals surface area contributed by atoms with Gasteiger partial charge in [0.05, 0.1) is 34.7 Å². The molecule has 0 radical (unpaired) electrons. The van der Waals surface area contributed by atoms with Gasteiger partial charge in [0.2, 0.25) is 11.8 Å². The minimum absolute atomic E-state index is 0.0681. The van der Waals surface area contributed by atoms with Crippen LogP contribution in [0.1, 0.15) is 12.8 Å². The van der Waals surface area contributed by atoms with Gasteiger partial charge >= 0.3 is 0 Å². The maximum atomic E-state index is 12.5. The number of imide groups is 1. The molecule has 4 rings (SSSR count). The van der Waals surface area contributed by atoms with Crippen molar-refractivity contribution in [2.24, 2.45) is 11.8 Å². The lowest BCUT2D eigenvalue weighted by Gasteiger charge is -2.17. The molecule has 0 spiro atoms. The van der Waals surface area contributed by atoms with Crippen LogP contribution in [0.25, 0.3) is 0 Å². The molecule has 0 aliphatic carbocycles. The first kappa shape index (κ1) is 12.5. The summed E-state index contributed by atoms with van der Waals surface area (Å²) in [6, 6.07) is 5.49. The third-order valence-electron chi connectivity index (χ3n) is 4.60. The molecule has 2 bridgehead atoms. The quantitative estimate of drug-likeness (QED) is 0.464. The monoisotopic (exact) mass is 288 g/mol. The summed E-state index contributed by atoms with van der Waals surface area (Å²) in [6.07, 6.45) is 1.33. The Morgan fingerprint density at radius 2 is 1.57 bits per heavy atom. The Bertz CT molecular complexity index is 628. The number of hydrogen-bond donors (Lipinski definition) is 0. The Kier molecular flexibility index (Phi) is 2.44. The molecule has 3 saturated heterocycles. The van der Waals surface area contributed by atoms with Gasteiger partial charge in [0.1, 0.15) is 0 Å². The Balaban J connectivity index is 1.68. The molecule has 3 fully saturated rings. The zero-order chi connectivity index (χ0) is 14.7. The van der Waals surface area contributed by atoms with Crippen molar-refractivity contribution in [2.45, 2.75) is 25.0 Å². The second-order valence-electron chi connectivity index (χ2n) is 5.63. The van der Waals surface area contributed by atoms with E-state index in [0.717, 1.165) is 17.7 Å². The van der Waals surface area contributed by atoms with Crippen molar-refractivity contribution in [3.05, 3.63) is 34.4 Å². The minimum Gasteiger partial charge on any atom is -0.373 e. The molecule has 3 heterocycles. The normalized spacial score (nSPS) is 33.6. The van der Waals surface area contributed by atoms with E-state index in [-0.39, 0.29) is 41.5 Å². The first-order chi connectivity index (χ1) is 10.1. The van der Waals surface area contributed by atoms with Crippen LogP contribution in [0.3, 0.4) is 0 Å². The summed E-state index contributed by atoms with van der Waals surface area (Å²) in [4.78, 5) is 36.3. The summed E-state index contributed by atoms with van der Waals surface area (Å²) in [7, 11) is 0. The van der Waals surface area contributed by atoms with Crippen LogP contribution >= 0.6 is 0 Å². The van der Waals surface area contributed by atoms with E-state index in [2.05, 4.69) is 0 Å². The molecule has 108 valence electrons. The molecule has 1 aromatic rings. The highest BCUT2D eigenvalue weighted by molar-refractivity contribution is 6.22. The first-order valence-corrected chi connectivity index (χ1v) is 6.85. The molecule has 0 N–H and O–H groups in total. The summed E-state index contributed by atoms with van der Waals surface area (Å²) in [5.41, 5.74) is 0.325. The van der Waals surface area contributed by atoms with Gasteiger partial charge < -0.3 is 4.74 Å². The molecule has 21 heavy (non-hydrogen) atoms.